The summed E-state index contributed by atoms with van der Waals surface area (Å²) in [5.74, 6) is 0.659. The van der Waals surface area contributed by atoms with Crippen LogP contribution in [-0.4, -0.2) is 21.9 Å². The maximum atomic E-state index is 12.1. The molecular formula is C17H12Cl3N3OS2. The Hall–Kier alpha value is -1.31. The molecule has 3 aromatic rings. The van der Waals surface area contributed by atoms with Crippen molar-refractivity contribution in [2.75, 3.05) is 11.1 Å². The summed E-state index contributed by atoms with van der Waals surface area (Å²) >= 11 is 20.9. The summed E-state index contributed by atoms with van der Waals surface area (Å²) in [6.45, 7) is 0. The molecule has 1 aromatic heterocycles. The van der Waals surface area contributed by atoms with Crippen molar-refractivity contribution in [3.63, 3.8) is 0 Å². The van der Waals surface area contributed by atoms with E-state index in [2.05, 4.69) is 15.5 Å². The molecule has 0 bridgehead atoms. The number of hydrogen-bond donors (Lipinski definition) is 1. The van der Waals surface area contributed by atoms with E-state index in [0.29, 0.717) is 31.0 Å². The van der Waals surface area contributed by atoms with E-state index in [4.69, 9.17) is 34.8 Å². The molecule has 1 heterocycles. The second-order valence-corrected chi connectivity index (χ2v) is 8.37. The lowest BCUT2D eigenvalue weighted by Gasteiger charge is -2.06. The molecule has 1 N–H and O–H groups in total. The number of hydrogen-bond acceptors (Lipinski definition) is 5. The van der Waals surface area contributed by atoms with Crippen molar-refractivity contribution >= 4 is 68.9 Å². The van der Waals surface area contributed by atoms with Crippen molar-refractivity contribution < 1.29 is 4.79 Å². The summed E-state index contributed by atoms with van der Waals surface area (Å²) in [5.41, 5.74) is 1.73. The zero-order valence-electron chi connectivity index (χ0n) is 13.2. The fraction of sp³-hybridized carbons (Fsp3) is 0.118. The number of aromatic nitrogens is 2. The Morgan fingerprint density at radius 1 is 1.04 bits per heavy atom. The van der Waals surface area contributed by atoms with Gasteiger partial charge in [-0.3, -0.25) is 10.1 Å². The van der Waals surface area contributed by atoms with Gasteiger partial charge in [0, 0.05) is 26.4 Å². The second-order valence-electron chi connectivity index (χ2n) is 5.16. The summed E-state index contributed by atoms with van der Waals surface area (Å²) in [6.07, 6.45) is 0. The lowest BCUT2D eigenvalue weighted by molar-refractivity contribution is -0.113. The standard InChI is InChI=1S/C17H12Cl3N3OS2/c18-11-6-4-10(5-7-11)16-22-23-17(26-16)21-15(24)9-25-8-12-13(19)2-1-3-14(12)20/h1-7H,8-9H2,(H,21,23,24). The molecule has 2 aromatic carbocycles. The molecule has 26 heavy (non-hydrogen) atoms. The van der Waals surface area contributed by atoms with Crippen LogP contribution >= 0.6 is 57.9 Å². The van der Waals surface area contributed by atoms with Gasteiger partial charge in [-0.05, 0) is 29.8 Å². The summed E-state index contributed by atoms with van der Waals surface area (Å²) in [5, 5.41) is 13.9. The van der Waals surface area contributed by atoms with E-state index in [9.17, 15) is 4.79 Å². The van der Waals surface area contributed by atoms with Crippen LogP contribution in [0, 0.1) is 0 Å². The average Bonchev–Trinajstić information content (AvgIpc) is 3.06. The largest absolute Gasteiger partial charge is 0.300 e. The topological polar surface area (TPSA) is 54.9 Å². The summed E-state index contributed by atoms with van der Waals surface area (Å²) in [6, 6.07) is 12.6. The number of benzene rings is 2. The maximum absolute atomic E-state index is 12.1. The van der Waals surface area contributed by atoms with Gasteiger partial charge in [0.05, 0.1) is 5.75 Å². The fourth-order valence-electron chi connectivity index (χ4n) is 2.05. The minimum absolute atomic E-state index is 0.156. The predicted octanol–water partition coefficient (Wildman–Crippen LogP) is 6.04. The Bertz CT molecular complexity index is 896. The monoisotopic (exact) mass is 443 g/mol. The van der Waals surface area contributed by atoms with E-state index in [0.717, 1.165) is 11.1 Å². The first kappa shape index (κ1) is 19.5. The summed E-state index contributed by atoms with van der Waals surface area (Å²) in [7, 11) is 0. The number of carbonyl (C=O) groups is 1. The Balaban J connectivity index is 1.53. The Kier molecular flexibility index (Phi) is 6.78. The van der Waals surface area contributed by atoms with Gasteiger partial charge in [0.15, 0.2) is 0 Å². The predicted molar refractivity (Wildman–Crippen MR) is 112 cm³/mol. The van der Waals surface area contributed by atoms with Crippen LogP contribution in [0.25, 0.3) is 10.6 Å². The number of rotatable bonds is 6. The first-order valence-electron chi connectivity index (χ1n) is 7.43. The first-order chi connectivity index (χ1) is 12.5. The third-order valence-corrected chi connectivity index (χ3v) is 6.11. The number of halogens is 3. The number of anilines is 1. The van der Waals surface area contributed by atoms with E-state index >= 15 is 0 Å². The van der Waals surface area contributed by atoms with Crippen LogP contribution in [0.5, 0.6) is 0 Å². The average molecular weight is 445 g/mol. The lowest BCUT2D eigenvalue weighted by atomic mass is 10.2. The molecule has 0 saturated heterocycles. The van der Waals surface area contributed by atoms with Crippen LogP contribution in [0.15, 0.2) is 42.5 Å². The van der Waals surface area contributed by atoms with E-state index in [1.54, 1.807) is 30.3 Å². The van der Waals surface area contributed by atoms with Gasteiger partial charge in [-0.2, -0.15) is 0 Å². The number of amides is 1. The molecule has 0 fully saturated rings. The van der Waals surface area contributed by atoms with Gasteiger partial charge in [0.2, 0.25) is 11.0 Å². The normalized spacial score (nSPS) is 10.7. The Morgan fingerprint density at radius 2 is 1.73 bits per heavy atom. The molecule has 0 aliphatic carbocycles. The molecule has 134 valence electrons. The molecule has 0 saturated carbocycles. The minimum Gasteiger partial charge on any atom is -0.300 e. The zero-order valence-corrected chi connectivity index (χ0v) is 17.1. The molecule has 9 heteroatoms. The van der Waals surface area contributed by atoms with Gasteiger partial charge < -0.3 is 0 Å². The van der Waals surface area contributed by atoms with Gasteiger partial charge in [0.1, 0.15) is 5.01 Å². The number of nitrogens with zero attached hydrogens (tertiary/aromatic N) is 2. The fourth-order valence-corrected chi connectivity index (χ4v) is 4.51. The van der Waals surface area contributed by atoms with Gasteiger partial charge >= 0.3 is 0 Å². The van der Waals surface area contributed by atoms with Gasteiger partial charge in [-0.15, -0.1) is 22.0 Å². The van der Waals surface area contributed by atoms with Crippen LogP contribution in [-0.2, 0) is 10.5 Å². The lowest BCUT2D eigenvalue weighted by Crippen LogP contribution is -2.14. The molecule has 1 amide bonds. The molecule has 0 radical (unpaired) electrons. The third-order valence-electron chi connectivity index (χ3n) is 3.30. The quantitative estimate of drug-likeness (QED) is 0.504. The molecule has 0 aliphatic heterocycles. The van der Waals surface area contributed by atoms with Crippen molar-refractivity contribution in [3.8, 4) is 10.6 Å². The molecule has 0 aliphatic rings. The molecule has 3 rings (SSSR count). The SMILES string of the molecule is O=C(CSCc1c(Cl)cccc1Cl)Nc1nnc(-c2ccc(Cl)cc2)s1. The highest BCUT2D eigenvalue weighted by molar-refractivity contribution is 7.99. The highest BCUT2D eigenvalue weighted by Gasteiger charge is 2.11. The van der Waals surface area contributed by atoms with Crippen LogP contribution in [0.4, 0.5) is 5.13 Å². The van der Waals surface area contributed by atoms with Crippen molar-refractivity contribution in [2.24, 2.45) is 0 Å². The molecular weight excluding hydrogens is 433 g/mol. The van der Waals surface area contributed by atoms with E-state index in [1.165, 1.54) is 23.1 Å². The molecule has 0 unspecified atom stereocenters. The van der Waals surface area contributed by atoms with Gasteiger partial charge in [-0.25, -0.2) is 0 Å². The highest BCUT2D eigenvalue weighted by Crippen LogP contribution is 2.29. The first-order valence-corrected chi connectivity index (χ1v) is 10.5. The van der Waals surface area contributed by atoms with Crippen LogP contribution in [0.1, 0.15) is 5.56 Å². The Morgan fingerprint density at radius 3 is 2.42 bits per heavy atom. The Labute approximate surface area is 173 Å². The van der Waals surface area contributed by atoms with Crippen LogP contribution < -0.4 is 5.32 Å². The molecule has 0 spiro atoms. The second kappa shape index (κ2) is 9.06. The van der Waals surface area contributed by atoms with Gasteiger partial charge in [-0.1, -0.05) is 64.3 Å². The molecule has 0 atom stereocenters. The van der Waals surface area contributed by atoms with E-state index in [1.807, 2.05) is 12.1 Å². The van der Waals surface area contributed by atoms with Crippen molar-refractivity contribution in [1.82, 2.24) is 10.2 Å². The third kappa shape index (κ3) is 5.11. The van der Waals surface area contributed by atoms with Gasteiger partial charge in [0.25, 0.3) is 0 Å². The summed E-state index contributed by atoms with van der Waals surface area (Å²) in [4.78, 5) is 12.1. The van der Waals surface area contributed by atoms with Crippen molar-refractivity contribution in [1.29, 1.82) is 0 Å². The number of thioether (sulfide) groups is 1. The highest BCUT2D eigenvalue weighted by atomic mass is 35.5. The zero-order chi connectivity index (χ0) is 18.5. The van der Waals surface area contributed by atoms with Crippen LogP contribution in [0.3, 0.4) is 0 Å². The van der Waals surface area contributed by atoms with Crippen molar-refractivity contribution in [2.45, 2.75) is 5.75 Å². The number of carbonyl (C=O) groups excluding carboxylic acids is 1. The molecule has 4 nitrogen and oxygen atoms in total. The van der Waals surface area contributed by atoms with Crippen molar-refractivity contribution in [3.05, 3.63) is 63.1 Å². The summed E-state index contributed by atoms with van der Waals surface area (Å²) < 4.78 is 0. The smallest absolute Gasteiger partial charge is 0.236 e. The van der Waals surface area contributed by atoms with Crippen LogP contribution in [0.2, 0.25) is 15.1 Å². The van der Waals surface area contributed by atoms with E-state index < -0.39 is 0 Å². The number of nitrogens with one attached hydrogen (secondary N) is 1. The van der Waals surface area contributed by atoms with E-state index in [-0.39, 0.29) is 11.7 Å². The maximum Gasteiger partial charge on any atom is 0.236 e. The minimum atomic E-state index is -0.156.